The summed E-state index contributed by atoms with van der Waals surface area (Å²) in [5.74, 6) is 2.84. The summed E-state index contributed by atoms with van der Waals surface area (Å²) in [6.45, 7) is 12.5. The van der Waals surface area contributed by atoms with Gasteiger partial charge >= 0.3 is 0 Å². The van der Waals surface area contributed by atoms with Crippen LogP contribution in [0.15, 0.2) is 37.1 Å². The Morgan fingerprint density at radius 1 is 1.00 bits per heavy atom. The SMILES string of the molecule is CC(C)[C@H](C1CC(N2CC[C@@](C)(O)C2)C1)N1CC2(CCN(c3ncnnc3Oc3ccc(F)cc3-c3cncnc3C3CC3)C2)C1. The molecule has 0 amide bonds. The molecule has 2 aliphatic carbocycles. The van der Waals surface area contributed by atoms with Gasteiger partial charge in [-0.1, -0.05) is 13.8 Å². The van der Waals surface area contributed by atoms with Crippen molar-refractivity contribution in [2.24, 2.45) is 17.3 Å². The highest BCUT2D eigenvalue weighted by molar-refractivity contribution is 5.73. The summed E-state index contributed by atoms with van der Waals surface area (Å²) in [6, 6.07) is 5.75. The second-order valence-corrected chi connectivity index (χ2v) is 15.3. The first-order valence-corrected chi connectivity index (χ1v) is 17.1. The number of hydrogen-bond acceptors (Lipinski definition) is 10. The Hall–Kier alpha value is -3.28. The number of rotatable bonds is 9. The van der Waals surface area contributed by atoms with Gasteiger partial charge < -0.3 is 14.7 Å². The van der Waals surface area contributed by atoms with E-state index in [1.807, 2.05) is 6.92 Å². The number of benzene rings is 1. The molecular formula is C35H45FN8O2. The zero-order valence-electron chi connectivity index (χ0n) is 27.1. The van der Waals surface area contributed by atoms with Crippen LogP contribution in [0.3, 0.4) is 0 Å². The summed E-state index contributed by atoms with van der Waals surface area (Å²) in [7, 11) is 0. The number of halogens is 1. The van der Waals surface area contributed by atoms with E-state index in [0.717, 1.165) is 82.1 Å². The molecule has 244 valence electrons. The zero-order valence-corrected chi connectivity index (χ0v) is 27.1. The molecule has 5 heterocycles. The number of aliphatic hydroxyl groups is 1. The van der Waals surface area contributed by atoms with Crippen LogP contribution in [0.5, 0.6) is 11.6 Å². The normalized spacial score (nSPS) is 28.4. The fraction of sp³-hybridized carbons (Fsp3) is 0.629. The molecule has 0 bridgehead atoms. The van der Waals surface area contributed by atoms with E-state index >= 15 is 0 Å². The van der Waals surface area contributed by atoms with Gasteiger partial charge in [-0.2, -0.15) is 0 Å². The van der Waals surface area contributed by atoms with Crippen molar-refractivity contribution in [3.8, 4) is 22.8 Å². The molecule has 0 unspecified atom stereocenters. The summed E-state index contributed by atoms with van der Waals surface area (Å²) in [6.07, 6.45) is 11.4. The first-order chi connectivity index (χ1) is 22.2. The molecule has 10 nitrogen and oxygen atoms in total. The maximum absolute atomic E-state index is 14.5. The fourth-order valence-electron chi connectivity index (χ4n) is 8.84. The minimum atomic E-state index is -0.525. The van der Waals surface area contributed by atoms with Crippen LogP contribution in [0.4, 0.5) is 10.2 Å². The maximum atomic E-state index is 14.5. The molecular weight excluding hydrogens is 583 g/mol. The summed E-state index contributed by atoms with van der Waals surface area (Å²) >= 11 is 0. The average molecular weight is 629 g/mol. The fourth-order valence-corrected chi connectivity index (χ4v) is 8.84. The van der Waals surface area contributed by atoms with Gasteiger partial charge in [0.25, 0.3) is 5.88 Å². The van der Waals surface area contributed by atoms with E-state index in [-0.39, 0.29) is 11.2 Å². The van der Waals surface area contributed by atoms with E-state index in [2.05, 4.69) is 53.7 Å². The Kier molecular flexibility index (Phi) is 7.49. The Labute approximate surface area is 270 Å². The highest BCUT2D eigenvalue weighted by Gasteiger charge is 2.53. The summed E-state index contributed by atoms with van der Waals surface area (Å²) in [4.78, 5) is 20.9. The molecule has 1 spiro atoms. The second kappa shape index (κ2) is 11.5. The van der Waals surface area contributed by atoms with Crippen molar-refractivity contribution in [1.82, 2.24) is 34.9 Å². The molecule has 11 heteroatoms. The van der Waals surface area contributed by atoms with E-state index in [1.54, 1.807) is 18.6 Å². The van der Waals surface area contributed by atoms with Crippen LogP contribution in [-0.2, 0) is 0 Å². The molecule has 2 aromatic heterocycles. The predicted molar refractivity (Wildman–Crippen MR) is 172 cm³/mol. The molecule has 46 heavy (non-hydrogen) atoms. The Morgan fingerprint density at radius 3 is 2.57 bits per heavy atom. The lowest BCUT2D eigenvalue weighted by Crippen LogP contribution is -2.65. The summed E-state index contributed by atoms with van der Waals surface area (Å²) in [5.41, 5.74) is 2.04. The lowest BCUT2D eigenvalue weighted by molar-refractivity contribution is -0.0799. The number of β-amino-alcohol motifs (C(OH)–C–C–N with tert-alkyl or cyclic N) is 1. The van der Waals surface area contributed by atoms with Gasteiger partial charge in [0, 0.05) is 80.0 Å². The van der Waals surface area contributed by atoms with Gasteiger partial charge in [0.05, 0.1) is 11.3 Å². The first-order valence-electron chi connectivity index (χ1n) is 17.1. The van der Waals surface area contributed by atoms with Crippen molar-refractivity contribution in [3.05, 3.63) is 48.6 Å². The van der Waals surface area contributed by atoms with E-state index in [4.69, 9.17) is 4.74 Å². The van der Waals surface area contributed by atoms with E-state index in [1.165, 1.54) is 31.3 Å². The lowest BCUT2D eigenvalue weighted by Gasteiger charge is -2.57. The van der Waals surface area contributed by atoms with Crippen LogP contribution in [0, 0.1) is 23.1 Å². The van der Waals surface area contributed by atoms with Gasteiger partial charge in [0.1, 0.15) is 24.2 Å². The van der Waals surface area contributed by atoms with Crippen molar-refractivity contribution in [2.45, 2.75) is 82.9 Å². The summed E-state index contributed by atoms with van der Waals surface area (Å²) in [5, 5.41) is 18.9. The standard InChI is InChI=1S/C35H45FN8O2/c1-22(2)31(24-12-26(13-24)42-10-8-34(3,45)16-42)44-18-35(19-44)9-11-43(17-35)32-33(41-40-21-39-32)46-29-7-6-25(36)14-27(29)28-15-37-20-38-30(28)23-4-5-23/h6-7,14-15,20-24,26,31,45H,4-5,8-13,16-19H2,1-3H3/t24?,26?,31-,34-/m1/s1. The number of aromatic nitrogens is 5. The minimum absolute atomic E-state index is 0.230. The van der Waals surface area contributed by atoms with Gasteiger partial charge in [-0.25, -0.2) is 19.3 Å². The Bertz CT molecular complexity index is 1590. The van der Waals surface area contributed by atoms with Crippen LogP contribution in [-0.4, -0.2) is 97.0 Å². The first kappa shape index (κ1) is 30.1. The molecule has 3 saturated heterocycles. The molecule has 1 N–H and O–H groups in total. The van der Waals surface area contributed by atoms with Crippen LogP contribution in [0.2, 0.25) is 0 Å². The molecule has 3 aliphatic heterocycles. The van der Waals surface area contributed by atoms with Crippen LogP contribution in [0.25, 0.3) is 11.1 Å². The Morgan fingerprint density at radius 2 is 1.83 bits per heavy atom. The van der Waals surface area contributed by atoms with Gasteiger partial charge in [0.15, 0.2) is 5.82 Å². The lowest BCUT2D eigenvalue weighted by atomic mass is 9.68. The van der Waals surface area contributed by atoms with Crippen LogP contribution < -0.4 is 9.64 Å². The third kappa shape index (κ3) is 5.64. The maximum Gasteiger partial charge on any atom is 0.282 e. The minimum Gasteiger partial charge on any atom is -0.434 e. The molecule has 1 aromatic carbocycles. The molecule has 8 rings (SSSR count). The molecule has 2 atom stereocenters. The molecule has 2 saturated carbocycles. The molecule has 5 aliphatic rings. The van der Waals surface area contributed by atoms with Crippen LogP contribution in [0.1, 0.15) is 70.9 Å². The monoisotopic (exact) mass is 628 g/mol. The smallest absolute Gasteiger partial charge is 0.282 e. The van der Waals surface area contributed by atoms with E-state index < -0.39 is 5.60 Å². The number of nitrogens with zero attached hydrogens (tertiary/aromatic N) is 8. The number of anilines is 1. The van der Waals surface area contributed by atoms with Crippen molar-refractivity contribution < 1.29 is 14.2 Å². The highest BCUT2D eigenvalue weighted by Crippen LogP contribution is 2.49. The zero-order chi connectivity index (χ0) is 31.6. The van der Waals surface area contributed by atoms with Gasteiger partial charge in [-0.15, -0.1) is 10.2 Å². The number of ether oxygens (including phenoxy) is 1. The Balaban J connectivity index is 0.948. The van der Waals surface area contributed by atoms with Crippen LogP contribution >= 0.6 is 0 Å². The van der Waals surface area contributed by atoms with Crippen molar-refractivity contribution in [1.29, 1.82) is 0 Å². The van der Waals surface area contributed by atoms with E-state index in [0.29, 0.717) is 46.9 Å². The van der Waals surface area contributed by atoms with Gasteiger partial charge in [-0.05, 0) is 75.5 Å². The topological polar surface area (TPSA) is 104 Å². The third-order valence-corrected chi connectivity index (χ3v) is 11.3. The molecule has 0 radical (unpaired) electrons. The molecule has 5 fully saturated rings. The molecule has 3 aromatic rings. The summed E-state index contributed by atoms with van der Waals surface area (Å²) < 4.78 is 21.0. The predicted octanol–water partition coefficient (Wildman–Crippen LogP) is 4.91. The number of hydrogen-bond donors (Lipinski definition) is 1. The third-order valence-electron chi connectivity index (χ3n) is 11.3. The van der Waals surface area contributed by atoms with E-state index in [9.17, 15) is 9.50 Å². The average Bonchev–Trinajstić information content (AvgIpc) is 3.65. The van der Waals surface area contributed by atoms with Gasteiger partial charge in [0.2, 0.25) is 0 Å². The van der Waals surface area contributed by atoms with Crippen molar-refractivity contribution >= 4 is 5.82 Å². The second-order valence-electron chi connectivity index (χ2n) is 15.3. The van der Waals surface area contributed by atoms with Gasteiger partial charge in [-0.3, -0.25) is 9.80 Å². The van der Waals surface area contributed by atoms with Crippen molar-refractivity contribution in [3.63, 3.8) is 0 Å². The number of likely N-dealkylation sites (tertiary alicyclic amines) is 2. The quantitative estimate of drug-likeness (QED) is 0.352. The highest BCUT2D eigenvalue weighted by atomic mass is 19.1. The van der Waals surface area contributed by atoms with Crippen molar-refractivity contribution in [2.75, 3.05) is 44.2 Å². The largest absolute Gasteiger partial charge is 0.434 e.